The molecule has 1 unspecified atom stereocenters. The van der Waals surface area contributed by atoms with Crippen molar-refractivity contribution in [2.24, 2.45) is 0 Å². The molecule has 0 aliphatic heterocycles. The number of carboxylic acids is 2. The van der Waals surface area contributed by atoms with Gasteiger partial charge in [0, 0.05) is 0 Å². The Morgan fingerprint density at radius 1 is 0.727 bits per heavy atom. The van der Waals surface area contributed by atoms with E-state index >= 15 is 0 Å². The lowest BCUT2D eigenvalue weighted by Gasteiger charge is -2.25. The number of quaternary nitrogens is 2. The van der Waals surface area contributed by atoms with Crippen molar-refractivity contribution in [3.05, 3.63) is 0 Å². The number of nitrogens with zero attached hydrogens (tertiary/aromatic N) is 2. The van der Waals surface area contributed by atoms with Crippen molar-refractivity contribution in [3.8, 4) is 0 Å². The van der Waals surface area contributed by atoms with E-state index in [2.05, 4.69) is 0 Å². The molecule has 0 aromatic heterocycles. The lowest BCUT2D eigenvalue weighted by Crippen LogP contribution is -2.42. The van der Waals surface area contributed by atoms with Crippen LogP contribution < -0.4 is 0 Å². The Labute approximate surface area is 132 Å². The van der Waals surface area contributed by atoms with Crippen LogP contribution in [0.4, 0.5) is 0 Å². The standard InChI is InChI=1S/2C7H15NO3/c2*1-8(2,3)5-6(9)4-7(10)11/h2*6,9H,4-5H2,1-3H3/p+2/t6-;/m1./s1. The van der Waals surface area contributed by atoms with Crippen LogP contribution in [0, 0.1) is 0 Å². The van der Waals surface area contributed by atoms with Gasteiger partial charge in [-0.25, -0.2) is 0 Å². The first-order valence-electron chi connectivity index (χ1n) is 7.03. The van der Waals surface area contributed by atoms with E-state index in [0.717, 1.165) is 0 Å². The van der Waals surface area contributed by atoms with Crippen LogP contribution in [0.5, 0.6) is 0 Å². The fourth-order valence-corrected chi connectivity index (χ4v) is 1.80. The number of carboxylic acid groups (broad SMARTS) is 2. The monoisotopic (exact) mass is 324 g/mol. The number of aliphatic carboxylic acids is 2. The summed E-state index contributed by atoms with van der Waals surface area (Å²) >= 11 is 0. The van der Waals surface area contributed by atoms with Gasteiger partial charge in [-0.05, 0) is 0 Å². The summed E-state index contributed by atoms with van der Waals surface area (Å²) in [4.78, 5) is 20.3. The Balaban J connectivity index is 0. The van der Waals surface area contributed by atoms with Crippen molar-refractivity contribution in [2.45, 2.75) is 25.0 Å². The topological polar surface area (TPSA) is 115 Å². The highest BCUT2D eigenvalue weighted by Gasteiger charge is 2.18. The van der Waals surface area contributed by atoms with Gasteiger partial charge in [-0.1, -0.05) is 0 Å². The van der Waals surface area contributed by atoms with Crippen molar-refractivity contribution in [3.63, 3.8) is 0 Å². The molecular formula is C14H32N2O6+2. The molecule has 0 fully saturated rings. The molecule has 0 aromatic rings. The second-order valence-corrected chi connectivity index (χ2v) is 7.45. The number of likely N-dealkylation sites (N-methyl/N-ethyl adjacent to an activating group) is 2. The Kier molecular flexibility index (Phi) is 10.2. The minimum Gasteiger partial charge on any atom is -0.481 e. The predicted molar refractivity (Wildman–Crippen MR) is 82.3 cm³/mol. The van der Waals surface area contributed by atoms with Crippen molar-refractivity contribution in [1.29, 1.82) is 0 Å². The molecule has 0 aromatic carbocycles. The van der Waals surface area contributed by atoms with Gasteiger partial charge >= 0.3 is 11.9 Å². The lowest BCUT2D eigenvalue weighted by molar-refractivity contribution is -0.873. The highest BCUT2D eigenvalue weighted by molar-refractivity contribution is 5.67. The molecule has 0 heterocycles. The van der Waals surface area contributed by atoms with E-state index in [-0.39, 0.29) is 12.8 Å². The van der Waals surface area contributed by atoms with Gasteiger partial charge in [-0.15, -0.1) is 0 Å². The molecule has 2 atom stereocenters. The van der Waals surface area contributed by atoms with Gasteiger partial charge in [0.05, 0.1) is 55.1 Å². The van der Waals surface area contributed by atoms with Crippen LogP contribution in [0.15, 0.2) is 0 Å². The third kappa shape index (κ3) is 21.1. The SMILES string of the molecule is C[N+](C)(C)CC(O)CC(=O)O.C[N+](C)(C)C[C@H](O)CC(=O)O. The number of aliphatic hydroxyl groups excluding tert-OH is 2. The summed E-state index contributed by atoms with van der Waals surface area (Å²) in [5, 5.41) is 34.9. The van der Waals surface area contributed by atoms with Gasteiger partial charge in [0.1, 0.15) is 25.3 Å². The molecule has 4 N–H and O–H groups in total. The van der Waals surface area contributed by atoms with E-state index in [1.807, 2.05) is 42.3 Å². The van der Waals surface area contributed by atoms with Crippen molar-refractivity contribution >= 4 is 11.9 Å². The molecule has 0 bridgehead atoms. The first-order valence-corrected chi connectivity index (χ1v) is 7.03. The molecule has 0 amide bonds. The summed E-state index contributed by atoms with van der Waals surface area (Å²) in [6, 6.07) is 0. The van der Waals surface area contributed by atoms with Gasteiger partial charge in [-0.3, -0.25) is 9.59 Å². The molecule has 0 aliphatic rings. The largest absolute Gasteiger partial charge is 0.481 e. The first-order chi connectivity index (χ1) is 9.62. The van der Waals surface area contributed by atoms with Gasteiger partial charge in [-0.2, -0.15) is 0 Å². The summed E-state index contributed by atoms with van der Waals surface area (Å²) < 4.78 is 1.16. The Hall–Kier alpha value is -1.22. The molecular weight excluding hydrogens is 292 g/mol. The Morgan fingerprint density at radius 2 is 0.955 bits per heavy atom. The summed E-state index contributed by atoms with van der Waals surface area (Å²) in [6.07, 6.45) is -1.83. The third-order valence-corrected chi connectivity index (χ3v) is 2.34. The fraction of sp³-hybridized carbons (Fsp3) is 0.857. The van der Waals surface area contributed by atoms with Crippen LogP contribution in [-0.4, -0.2) is 109 Å². The van der Waals surface area contributed by atoms with E-state index < -0.39 is 24.1 Å². The molecule has 22 heavy (non-hydrogen) atoms. The normalized spacial score (nSPS) is 14.5. The molecule has 0 radical (unpaired) electrons. The highest BCUT2D eigenvalue weighted by atomic mass is 16.4. The second kappa shape index (κ2) is 9.73. The van der Waals surface area contributed by atoms with Crippen molar-refractivity contribution in [1.82, 2.24) is 0 Å². The Morgan fingerprint density at radius 3 is 1.09 bits per heavy atom. The van der Waals surface area contributed by atoms with Gasteiger partial charge in [0.15, 0.2) is 0 Å². The second-order valence-electron chi connectivity index (χ2n) is 7.45. The molecule has 0 rings (SSSR count). The zero-order valence-corrected chi connectivity index (χ0v) is 14.5. The van der Waals surface area contributed by atoms with E-state index in [9.17, 15) is 9.59 Å². The van der Waals surface area contributed by atoms with E-state index in [0.29, 0.717) is 22.1 Å². The summed E-state index contributed by atoms with van der Waals surface area (Å²) in [6.45, 7) is 0.929. The average molecular weight is 324 g/mol. The summed E-state index contributed by atoms with van der Waals surface area (Å²) in [7, 11) is 11.4. The summed E-state index contributed by atoms with van der Waals surface area (Å²) in [5.41, 5.74) is 0. The third-order valence-electron chi connectivity index (χ3n) is 2.34. The van der Waals surface area contributed by atoms with E-state index in [1.165, 1.54) is 0 Å². The zero-order valence-electron chi connectivity index (χ0n) is 14.5. The molecule has 0 saturated heterocycles. The number of hydrogen-bond donors (Lipinski definition) is 4. The maximum absolute atomic E-state index is 10.1. The van der Waals surface area contributed by atoms with Crippen LogP contribution >= 0.6 is 0 Å². The highest BCUT2D eigenvalue weighted by Crippen LogP contribution is 1.99. The van der Waals surface area contributed by atoms with Crippen LogP contribution in [0.1, 0.15) is 12.8 Å². The minimum atomic E-state index is -0.953. The molecule has 0 saturated carbocycles. The van der Waals surface area contributed by atoms with Gasteiger partial charge in [0.2, 0.25) is 0 Å². The van der Waals surface area contributed by atoms with Crippen LogP contribution in [0.3, 0.4) is 0 Å². The molecule has 0 spiro atoms. The fourth-order valence-electron chi connectivity index (χ4n) is 1.80. The number of rotatable bonds is 8. The van der Waals surface area contributed by atoms with Crippen LogP contribution in [0.2, 0.25) is 0 Å². The van der Waals surface area contributed by atoms with Gasteiger partial charge < -0.3 is 29.4 Å². The average Bonchev–Trinajstić information content (AvgIpc) is 2.07. The smallest absolute Gasteiger partial charge is 0.306 e. The lowest BCUT2D eigenvalue weighted by atomic mass is 10.2. The maximum Gasteiger partial charge on any atom is 0.306 e. The molecule has 8 nitrogen and oxygen atoms in total. The van der Waals surface area contributed by atoms with Crippen LogP contribution in [-0.2, 0) is 9.59 Å². The minimum absolute atomic E-state index is 0.171. The quantitative estimate of drug-likeness (QED) is 0.428. The summed E-state index contributed by atoms with van der Waals surface area (Å²) in [5.74, 6) is -1.91. The number of hydrogen-bond acceptors (Lipinski definition) is 4. The number of aliphatic hydroxyl groups is 2. The van der Waals surface area contributed by atoms with Crippen molar-refractivity contribution in [2.75, 3.05) is 55.4 Å². The van der Waals surface area contributed by atoms with Crippen LogP contribution in [0.25, 0.3) is 0 Å². The number of carbonyl (C=O) groups is 2. The Bertz CT molecular complexity index is 312. The molecule has 132 valence electrons. The maximum atomic E-state index is 10.1. The molecule has 8 heteroatoms. The van der Waals surface area contributed by atoms with Gasteiger partial charge in [0.25, 0.3) is 0 Å². The molecule has 0 aliphatic carbocycles. The van der Waals surface area contributed by atoms with E-state index in [1.54, 1.807) is 0 Å². The van der Waals surface area contributed by atoms with Crippen molar-refractivity contribution < 1.29 is 39.0 Å². The van der Waals surface area contributed by atoms with E-state index in [4.69, 9.17) is 20.4 Å². The first kappa shape index (κ1) is 23.1. The zero-order chi connectivity index (χ0) is 18.1. The predicted octanol–water partition coefficient (Wildman–Crippen LogP) is -0.944.